The van der Waals surface area contributed by atoms with Gasteiger partial charge in [-0.25, -0.2) is 9.18 Å². The van der Waals surface area contributed by atoms with E-state index in [1.807, 2.05) is 0 Å². The first-order chi connectivity index (χ1) is 11.8. The minimum atomic E-state index is -2.97. The van der Waals surface area contributed by atoms with Crippen LogP contribution in [0.5, 0.6) is 5.75 Å². The van der Waals surface area contributed by atoms with E-state index in [1.165, 1.54) is 27.3 Å². The maximum Gasteiger partial charge on any atom is 0.387 e. The number of halogens is 3. The Kier molecular flexibility index (Phi) is 4.32. The smallest absolute Gasteiger partial charge is 0.387 e. The SMILES string of the molecule is Cc1ccc2c(c1F)n(C(C)C)c(=O)n2-c1cccc(OC(F)F)c1. The molecule has 0 aliphatic rings. The number of nitrogens with zero attached hydrogens (tertiary/aromatic N) is 2. The van der Waals surface area contributed by atoms with Crippen LogP contribution in [0.1, 0.15) is 25.5 Å². The average molecular weight is 350 g/mol. The van der Waals surface area contributed by atoms with Gasteiger partial charge in [0.2, 0.25) is 0 Å². The standard InChI is InChI=1S/C18H17F3N2O2/c1-10(2)22-16-14(8-7-11(3)15(16)19)23(18(22)24)12-5-4-6-13(9-12)25-17(20)21/h4-10,17H,1-3H3. The van der Waals surface area contributed by atoms with Crippen molar-refractivity contribution in [2.45, 2.75) is 33.4 Å². The molecule has 0 radical (unpaired) electrons. The van der Waals surface area contributed by atoms with Crippen LogP contribution in [0.3, 0.4) is 0 Å². The molecule has 0 bridgehead atoms. The molecule has 0 saturated carbocycles. The molecule has 3 aromatic rings. The van der Waals surface area contributed by atoms with Gasteiger partial charge in [-0.15, -0.1) is 0 Å². The Morgan fingerprint density at radius 1 is 1.12 bits per heavy atom. The van der Waals surface area contributed by atoms with Crippen LogP contribution in [-0.4, -0.2) is 15.7 Å². The lowest BCUT2D eigenvalue weighted by Gasteiger charge is -2.08. The molecule has 7 heteroatoms. The van der Waals surface area contributed by atoms with Crippen LogP contribution in [-0.2, 0) is 0 Å². The number of fused-ring (bicyclic) bond motifs is 1. The van der Waals surface area contributed by atoms with Crippen molar-refractivity contribution in [1.29, 1.82) is 0 Å². The monoisotopic (exact) mass is 350 g/mol. The normalized spacial score (nSPS) is 11.7. The first-order valence-corrected chi connectivity index (χ1v) is 7.78. The predicted molar refractivity (Wildman–Crippen MR) is 89.2 cm³/mol. The number of imidazole rings is 1. The van der Waals surface area contributed by atoms with Crippen molar-refractivity contribution in [1.82, 2.24) is 9.13 Å². The van der Waals surface area contributed by atoms with Crippen LogP contribution >= 0.6 is 0 Å². The molecule has 2 aromatic carbocycles. The third-order valence-corrected chi connectivity index (χ3v) is 3.98. The van der Waals surface area contributed by atoms with Gasteiger partial charge in [0.15, 0.2) is 5.82 Å². The summed E-state index contributed by atoms with van der Waals surface area (Å²) in [6.45, 7) is 2.22. The molecule has 3 rings (SSSR count). The second kappa shape index (κ2) is 6.31. The summed E-state index contributed by atoms with van der Waals surface area (Å²) in [7, 11) is 0. The van der Waals surface area contributed by atoms with E-state index in [0.29, 0.717) is 16.8 Å². The van der Waals surface area contributed by atoms with Crippen LogP contribution in [0.25, 0.3) is 16.7 Å². The van der Waals surface area contributed by atoms with E-state index < -0.39 is 18.1 Å². The highest BCUT2D eigenvalue weighted by molar-refractivity contribution is 5.80. The average Bonchev–Trinajstić information content (AvgIpc) is 2.83. The zero-order valence-electron chi connectivity index (χ0n) is 14.0. The second-order valence-electron chi connectivity index (χ2n) is 6.02. The number of aryl methyl sites for hydroxylation is 1. The molecule has 0 aliphatic carbocycles. The lowest BCUT2D eigenvalue weighted by molar-refractivity contribution is -0.0498. The van der Waals surface area contributed by atoms with Gasteiger partial charge in [-0.2, -0.15) is 8.78 Å². The predicted octanol–water partition coefficient (Wildman–Crippen LogP) is 4.42. The van der Waals surface area contributed by atoms with E-state index in [2.05, 4.69) is 4.74 Å². The number of hydrogen-bond acceptors (Lipinski definition) is 2. The molecular weight excluding hydrogens is 333 g/mol. The van der Waals surface area contributed by atoms with Gasteiger partial charge in [0, 0.05) is 12.1 Å². The number of hydrogen-bond donors (Lipinski definition) is 0. The first-order valence-electron chi connectivity index (χ1n) is 7.78. The van der Waals surface area contributed by atoms with Crippen LogP contribution in [0, 0.1) is 12.7 Å². The molecular formula is C18H17F3N2O2. The summed E-state index contributed by atoms with van der Waals surface area (Å²) in [5.74, 6) is -0.542. The Hall–Kier alpha value is -2.70. The number of aromatic nitrogens is 2. The van der Waals surface area contributed by atoms with Crippen molar-refractivity contribution in [3.63, 3.8) is 0 Å². The zero-order valence-corrected chi connectivity index (χ0v) is 14.0. The molecule has 0 amide bonds. The Balaban J connectivity index is 2.33. The first kappa shape index (κ1) is 17.1. The molecule has 0 N–H and O–H groups in total. The molecule has 0 saturated heterocycles. The summed E-state index contributed by atoms with van der Waals surface area (Å²) in [5, 5.41) is 0. The Labute approximate surface area is 142 Å². The minimum absolute atomic E-state index is 0.0718. The van der Waals surface area contributed by atoms with Gasteiger partial charge in [-0.05, 0) is 44.5 Å². The van der Waals surface area contributed by atoms with Crippen molar-refractivity contribution in [2.24, 2.45) is 0 Å². The highest BCUT2D eigenvalue weighted by Crippen LogP contribution is 2.26. The zero-order chi connectivity index (χ0) is 18.3. The van der Waals surface area contributed by atoms with Gasteiger partial charge in [0.1, 0.15) is 11.3 Å². The third kappa shape index (κ3) is 2.90. The number of rotatable bonds is 4. The fourth-order valence-electron chi connectivity index (χ4n) is 2.90. The van der Waals surface area contributed by atoms with Gasteiger partial charge in [0.05, 0.1) is 11.2 Å². The maximum absolute atomic E-state index is 14.7. The van der Waals surface area contributed by atoms with E-state index in [9.17, 15) is 18.0 Å². The Bertz CT molecular complexity index is 990. The van der Waals surface area contributed by atoms with E-state index in [1.54, 1.807) is 39.0 Å². The van der Waals surface area contributed by atoms with Crippen molar-refractivity contribution in [3.05, 3.63) is 58.3 Å². The lowest BCUT2D eigenvalue weighted by atomic mass is 10.2. The molecule has 0 unspecified atom stereocenters. The van der Waals surface area contributed by atoms with Crippen molar-refractivity contribution in [2.75, 3.05) is 0 Å². The van der Waals surface area contributed by atoms with Crippen LogP contribution < -0.4 is 10.4 Å². The van der Waals surface area contributed by atoms with Crippen LogP contribution in [0.15, 0.2) is 41.2 Å². The molecule has 0 aliphatic heterocycles. The molecule has 0 spiro atoms. The molecule has 0 atom stereocenters. The second-order valence-corrected chi connectivity index (χ2v) is 6.02. The summed E-state index contributed by atoms with van der Waals surface area (Å²) < 4.78 is 46.6. The third-order valence-electron chi connectivity index (χ3n) is 3.98. The number of benzene rings is 2. The van der Waals surface area contributed by atoms with Crippen LogP contribution in [0.4, 0.5) is 13.2 Å². The highest BCUT2D eigenvalue weighted by atomic mass is 19.3. The fourth-order valence-corrected chi connectivity index (χ4v) is 2.90. The molecule has 1 aromatic heterocycles. The largest absolute Gasteiger partial charge is 0.435 e. The Morgan fingerprint density at radius 2 is 1.84 bits per heavy atom. The summed E-state index contributed by atoms with van der Waals surface area (Å²) in [6.07, 6.45) is 0. The molecule has 25 heavy (non-hydrogen) atoms. The fraction of sp³-hybridized carbons (Fsp3) is 0.278. The van der Waals surface area contributed by atoms with Gasteiger partial charge in [-0.3, -0.25) is 9.13 Å². The molecule has 132 valence electrons. The van der Waals surface area contributed by atoms with Gasteiger partial charge in [-0.1, -0.05) is 12.1 Å². The Morgan fingerprint density at radius 3 is 2.48 bits per heavy atom. The molecule has 4 nitrogen and oxygen atoms in total. The lowest BCUT2D eigenvalue weighted by Crippen LogP contribution is -2.24. The van der Waals surface area contributed by atoms with Crippen LogP contribution in [0.2, 0.25) is 0 Å². The molecule has 1 heterocycles. The van der Waals surface area contributed by atoms with Crippen molar-refractivity contribution in [3.8, 4) is 11.4 Å². The highest BCUT2D eigenvalue weighted by Gasteiger charge is 2.21. The van der Waals surface area contributed by atoms with Gasteiger partial charge < -0.3 is 4.74 Å². The summed E-state index contributed by atoms with van der Waals surface area (Å²) in [4.78, 5) is 12.9. The topological polar surface area (TPSA) is 36.2 Å². The van der Waals surface area contributed by atoms with E-state index in [0.717, 1.165) is 0 Å². The summed E-state index contributed by atoms with van der Waals surface area (Å²) in [6, 6.07) is 8.74. The van der Waals surface area contributed by atoms with E-state index >= 15 is 0 Å². The van der Waals surface area contributed by atoms with Crippen molar-refractivity contribution < 1.29 is 17.9 Å². The minimum Gasteiger partial charge on any atom is -0.435 e. The van der Waals surface area contributed by atoms with E-state index in [4.69, 9.17) is 0 Å². The molecule has 0 fully saturated rings. The quantitative estimate of drug-likeness (QED) is 0.698. The summed E-state index contributed by atoms with van der Waals surface area (Å²) in [5.41, 5.74) is 0.879. The van der Waals surface area contributed by atoms with Gasteiger partial charge in [0.25, 0.3) is 0 Å². The summed E-state index contributed by atoms with van der Waals surface area (Å²) >= 11 is 0. The van der Waals surface area contributed by atoms with E-state index in [-0.39, 0.29) is 17.3 Å². The van der Waals surface area contributed by atoms with Gasteiger partial charge >= 0.3 is 12.3 Å². The van der Waals surface area contributed by atoms with Crippen molar-refractivity contribution >= 4 is 11.0 Å². The maximum atomic E-state index is 14.7. The number of ether oxygens (including phenoxy) is 1. The number of alkyl halides is 2.